The van der Waals surface area contributed by atoms with Crippen molar-refractivity contribution in [2.24, 2.45) is 4.99 Å². The monoisotopic (exact) mass is 155 g/mol. The molecule has 10 heavy (non-hydrogen) atoms. The number of hydrogen-bond acceptors (Lipinski definition) is 2. The number of rotatable bonds is 1. The summed E-state index contributed by atoms with van der Waals surface area (Å²) in [5.74, 6) is 0. The summed E-state index contributed by atoms with van der Waals surface area (Å²) in [5, 5.41) is 0. The molecule has 2 heteroatoms. The molecule has 56 valence electrons. The van der Waals surface area contributed by atoms with Crippen molar-refractivity contribution in [1.82, 2.24) is 0 Å². The van der Waals surface area contributed by atoms with Gasteiger partial charge in [0, 0.05) is 17.3 Å². The lowest BCUT2D eigenvalue weighted by molar-refractivity contribution is 0.808. The highest BCUT2D eigenvalue weighted by molar-refractivity contribution is 8.05. The normalized spacial score (nSPS) is 32.1. The Kier molecular flexibility index (Phi) is 2.19. The third-order valence-corrected chi connectivity index (χ3v) is 2.99. The van der Waals surface area contributed by atoms with Crippen LogP contribution in [-0.4, -0.2) is 11.0 Å². The molecule has 1 rings (SSSR count). The van der Waals surface area contributed by atoms with Crippen LogP contribution in [0.25, 0.3) is 0 Å². The average molecular weight is 155 g/mol. The number of hydrogen-bond donors (Lipinski definition) is 0. The first kappa shape index (κ1) is 7.86. The van der Waals surface area contributed by atoms with Gasteiger partial charge in [0.2, 0.25) is 0 Å². The van der Waals surface area contributed by atoms with Gasteiger partial charge >= 0.3 is 0 Å². The topological polar surface area (TPSA) is 12.4 Å². The van der Waals surface area contributed by atoms with Crippen molar-refractivity contribution in [2.45, 2.75) is 31.9 Å². The lowest BCUT2D eigenvalue weighted by Crippen LogP contribution is -2.21. The maximum atomic E-state index is 4.17. The van der Waals surface area contributed by atoms with E-state index in [4.69, 9.17) is 0 Å². The first-order chi connectivity index (χ1) is 4.66. The Bertz CT molecular complexity index is 184. The third kappa shape index (κ3) is 1.63. The Labute approximate surface area is 66.6 Å². The molecule has 1 nitrogen and oxygen atoms in total. The van der Waals surface area contributed by atoms with E-state index >= 15 is 0 Å². The lowest BCUT2D eigenvalue weighted by atomic mass is 10.1. The number of allylic oxidation sites excluding steroid dienone is 1. The van der Waals surface area contributed by atoms with E-state index in [9.17, 15) is 0 Å². The van der Waals surface area contributed by atoms with Gasteiger partial charge < -0.3 is 0 Å². The maximum absolute atomic E-state index is 4.17. The summed E-state index contributed by atoms with van der Waals surface area (Å²) in [5.41, 5.74) is 0. The standard InChI is InChI=1S/C8H13NS/c1-4-8(3)6-9-5-7(2)10-8/h5-6H,4H2,1-3H3. The molecule has 1 atom stereocenters. The van der Waals surface area contributed by atoms with Crippen molar-refractivity contribution < 1.29 is 0 Å². The van der Waals surface area contributed by atoms with Gasteiger partial charge in [0.25, 0.3) is 0 Å². The van der Waals surface area contributed by atoms with Gasteiger partial charge in [-0.2, -0.15) is 0 Å². The van der Waals surface area contributed by atoms with E-state index in [0.29, 0.717) is 0 Å². The zero-order valence-electron chi connectivity index (χ0n) is 6.72. The molecule has 0 amide bonds. The highest BCUT2D eigenvalue weighted by atomic mass is 32.2. The van der Waals surface area contributed by atoms with Crippen molar-refractivity contribution in [3.63, 3.8) is 0 Å². The maximum Gasteiger partial charge on any atom is 0.0524 e. The molecule has 0 radical (unpaired) electrons. The van der Waals surface area contributed by atoms with Gasteiger partial charge in [-0.3, -0.25) is 4.99 Å². The fourth-order valence-corrected chi connectivity index (χ4v) is 1.99. The summed E-state index contributed by atoms with van der Waals surface area (Å²) in [6, 6.07) is 0. The van der Waals surface area contributed by atoms with Crippen molar-refractivity contribution in [1.29, 1.82) is 0 Å². The van der Waals surface area contributed by atoms with Crippen LogP contribution in [0.1, 0.15) is 27.2 Å². The van der Waals surface area contributed by atoms with Crippen LogP contribution < -0.4 is 0 Å². The van der Waals surface area contributed by atoms with E-state index in [0.717, 1.165) is 6.42 Å². The van der Waals surface area contributed by atoms with Crippen LogP contribution in [-0.2, 0) is 0 Å². The van der Waals surface area contributed by atoms with Crippen LogP contribution >= 0.6 is 11.8 Å². The molecular formula is C8H13NS. The number of nitrogens with zero attached hydrogens (tertiary/aromatic N) is 1. The average Bonchev–Trinajstić information content (AvgIpc) is 1.88. The van der Waals surface area contributed by atoms with Gasteiger partial charge in [-0.1, -0.05) is 6.92 Å². The van der Waals surface area contributed by atoms with Crippen molar-refractivity contribution in [3.05, 3.63) is 11.1 Å². The van der Waals surface area contributed by atoms with Gasteiger partial charge in [0.15, 0.2) is 0 Å². The Morgan fingerprint density at radius 1 is 1.70 bits per heavy atom. The molecule has 1 aliphatic rings. The number of thioether (sulfide) groups is 1. The summed E-state index contributed by atoms with van der Waals surface area (Å²) in [4.78, 5) is 5.49. The van der Waals surface area contributed by atoms with E-state index in [-0.39, 0.29) is 4.75 Å². The third-order valence-electron chi connectivity index (χ3n) is 1.70. The SMILES string of the molecule is CCC1(C)C=NC=C(C)S1. The summed E-state index contributed by atoms with van der Waals surface area (Å²) in [6.07, 6.45) is 5.10. The van der Waals surface area contributed by atoms with Gasteiger partial charge in [-0.15, -0.1) is 11.8 Å². The molecule has 0 saturated carbocycles. The minimum atomic E-state index is 0.249. The van der Waals surface area contributed by atoms with E-state index in [1.165, 1.54) is 4.91 Å². The number of aliphatic imine (C=N–C) groups is 1. The second-order valence-electron chi connectivity index (χ2n) is 2.79. The molecular weight excluding hydrogens is 142 g/mol. The smallest absolute Gasteiger partial charge is 0.0524 e. The fraction of sp³-hybridized carbons (Fsp3) is 0.625. The van der Waals surface area contributed by atoms with Gasteiger partial charge in [-0.05, 0) is 20.3 Å². The summed E-state index contributed by atoms with van der Waals surface area (Å²) in [6.45, 7) is 6.52. The predicted molar refractivity (Wildman–Crippen MR) is 48.5 cm³/mol. The molecule has 1 aliphatic heterocycles. The molecule has 0 saturated heterocycles. The summed E-state index contributed by atoms with van der Waals surface area (Å²) in [7, 11) is 0. The molecule has 0 N–H and O–H groups in total. The Morgan fingerprint density at radius 3 is 2.80 bits per heavy atom. The first-order valence-electron chi connectivity index (χ1n) is 3.56. The molecule has 0 aromatic heterocycles. The molecule has 1 heterocycles. The highest BCUT2D eigenvalue weighted by Crippen LogP contribution is 2.35. The van der Waals surface area contributed by atoms with E-state index < -0.39 is 0 Å². The zero-order valence-corrected chi connectivity index (χ0v) is 7.53. The first-order valence-corrected chi connectivity index (χ1v) is 4.38. The molecule has 0 aromatic rings. The quantitative estimate of drug-likeness (QED) is 0.567. The van der Waals surface area contributed by atoms with Crippen molar-refractivity contribution in [2.75, 3.05) is 0 Å². The summed E-state index contributed by atoms with van der Waals surface area (Å²) < 4.78 is 0.249. The van der Waals surface area contributed by atoms with Gasteiger partial charge in [-0.25, -0.2) is 0 Å². The Balaban J connectivity index is 2.71. The van der Waals surface area contributed by atoms with Crippen LogP contribution in [0.2, 0.25) is 0 Å². The van der Waals surface area contributed by atoms with Crippen molar-refractivity contribution >= 4 is 18.0 Å². The minimum absolute atomic E-state index is 0.249. The van der Waals surface area contributed by atoms with Crippen LogP contribution in [0.3, 0.4) is 0 Å². The molecule has 0 aliphatic carbocycles. The van der Waals surface area contributed by atoms with Crippen molar-refractivity contribution in [3.8, 4) is 0 Å². The van der Waals surface area contributed by atoms with Crippen LogP contribution in [0.5, 0.6) is 0 Å². The molecule has 0 aromatic carbocycles. The van der Waals surface area contributed by atoms with Crippen LogP contribution in [0.15, 0.2) is 16.1 Å². The fourth-order valence-electron chi connectivity index (χ4n) is 0.884. The van der Waals surface area contributed by atoms with E-state index in [2.05, 4.69) is 25.8 Å². The zero-order chi connectivity index (χ0) is 7.61. The van der Waals surface area contributed by atoms with Crippen LogP contribution in [0.4, 0.5) is 0 Å². The summed E-state index contributed by atoms with van der Waals surface area (Å²) >= 11 is 1.90. The minimum Gasteiger partial charge on any atom is -0.267 e. The van der Waals surface area contributed by atoms with E-state index in [1.807, 2.05) is 24.2 Å². The second-order valence-corrected chi connectivity index (χ2v) is 4.57. The Hall–Kier alpha value is -0.240. The molecule has 0 spiro atoms. The second kappa shape index (κ2) is 2.79. The lowest BCUT2D eigenvalue weighted by Gasteiger charge is -2.24. The largest absolute Gasteiger partial charge is 0.267 e. The molecule has 1 unspecified atom stereocenters. The molecule has 0 fully saturated rings. The predicted octanol–water partition coefficient (Wildman–Crippen LogP) is 2.83. The van der Waals surface area contributed by atoms with E-state index in [1.54, 1.807) is 0 Å². The highest BCUT2D eigenvalue weighted by Gasteiger charge is 2.22. The molecule has 0 bridgehead atoms. The van der Waals surface area contributed by atoms with Gasteiger partial charge in [0.1, 0.15) is 0 Å². The Morgan fingerprint density at radius 2 is 2.40 bits per heavy atom. The van der Waals surface area contributed by atoms with Gasteiger partial charge in [0.05, 0.1) is 4.75 Å². The van der Waals surface area contributed by atoms with Crippen LogP contribution in [0, 0.1) is 0 Å².